The minimum Gasteiger partial charge on any atom is -0.326 e. The van der Waals surface area contributed by atoms with Crippen molar-refractivity contribution in [3.05, 3.63) is 27.7 Å². The number of nitrogens with zero attached hydrogens (tertiary/aromatic N) is 1. The summed E-state index contributed by atoms with van der Waals surface area (Å²) in [5, 5.41) is 0.511. The van der Waals surface area contributed by atoms with Crippen LogP contribution in [0.4, 0.5) is 0 Å². The van der Waals surface area contributed by atoms with E-state index < -0.39 is 10.0 Å². The van der Waals surface area contributed by atoms with Gasteiger partial charge >= 0.3 is 0 Å². The molecular formula is C13H18Cl2N2O2S. The van der Waals surface area contributed by atoms with Crippen molar-refractivity contribution in [1.29, 1.82) is 0 Å². The summed E-state index contributed by atoms with van der Waals surface area (Å²) in [6, 6.07) is 2.87. The molecule has 112 valence electrons. The van der Waals surface area contributed by atoms with E-state index >= 15 is 0 Å². The number of nitrogens with two attached hydrogens (primary N) is 1. The van der Waals surface area contributed by atoms with Gasteiger partial charge in [-0.3, -0.25) is 0 Å². The van der Waals surface area contributed by atoms with Crippen LogP contribution < -0.4 is 5.73 Å². The van der Waals surface area contributed by atoms with E-state index in [1.807, 2.05) is 6.92 Å². The van der Waals surface area contributed by atoms with Gasteiger partial charge in [-0.1, -0.05) is 23.2 Å². The summed E-state index contributed by atoms with van der Waals surface area (Å²) < 4.78 is 26.7. The second-order valence-corrected chi connectivity index (χ2v) is 7.96. The maximum atomic E-state index is 12.7. The first-order valence-electron chi connectivity index (χ1n) is 6.45. The summed E-state index contributed by atoms with van der Waals surface area (Å²) in [6.07, 6.45) is 2.15. The highest BCUT2D eigenvalue weighted by molar-refractivity contribution is 7.89. The predicted molar refractivity (Wildman–Crippen MR) is 81.5 cm³/mol. The third kappa shape index (κ3) is 2.97. The van der Waals surface area contributed by atoms with E-state index in [4.69, 9.17) is 28.9 Å². The lowest BCUT2D eigenvalue weighted by molar-refractivity contribution is 0.357. The molecule has 1 saturated carbocycles. The van der Waals surface area contributed by atoms with Gasteiger partial charge in [0.25, 0.3) is 0 Å². The Bertz CT molecular complexity index is 615. The number of hydrogen-bond donors (Lipinski definition) is 1. The van der Waals surface area contributed by atoms with Crippen molar-refractivity contribution in [3.8, 4) is 0 Å². The molecule has 0 aromatic heterocycles. The van der Waals surface area contributed by atoms with Gasteiger partial charge in [0.05, 0.1) is 5.02 Å². The molecule has 20 heavy (non-hydrogen) atoms. The van der Waals surface area contributed by atoms with Crippen LogP contribution in [0, 0.1) is 5.92 Å². The van der Waals surface area contributed by atoms with Gasteiger partial charge in [0, 0.05) is 24.7 Å². The van der Waals surface area contributed by atoms with Crippen LogP contribution in [-0.2, 0) is 16.6 Å². The van der Waals surface area contributed by atoms with Crippen molar-refractivity contribution in [1.82, 2.24) is 4.31 Å². The van der Waals surface area contributed by atoms with Crippen LogP contribution in [0.25, 0.3) is 0 Å². The molecule has 0 radical (unpaired) electrons. The van der Waals surface area contributed by atoms with E-state index in [1.165, 1.54) is 16.4 Å². The van der Waals surface area contributed by atoms with E-state index in [0.717, 1.165) is 12.8 Å². The highest BCUT2D eigenvalue weighted by Gasteiger charge is 2.36. The third-order valence-corrected chi connectivity index (χ3v) is 6.62. The van der Waals surface area contributed by atoms with Crippen LogP contribution in [0.15, 0.2) is 17.0 Å². The molecule has 1 fully saturated rings. The van der Waals surface area contributed by atoms with E-state index in [1.54, 1.807) is 7.05 Å². The largest absolute Gasteiger partial charge is 0.326 e. The molecular weight excluding hydrogens is 319 g/mol. The minimum absolute atomic E-state index is 0.0342. The van der Waals surface area contributed by atoms with Crippen molar-refractivity contribution in [2.45, 2.75) is 37.2 Å². The first-order chi connectivity index (χ1) is 9.28. The lowest BCUT2D eigenvalue weighted by Gasteiger charge is -2.25. The molecule has 0 bridgehead atoms. The van der Waals surface area contributed by atoms with Gasteiger partial charge in [0.2, 0.25) is 10.0 Å². The number of rotatable bonds is 5. The first kappa shape index (κ1) is 16.0. The summed E-state index contributed by atoms with van der Waals surface area (Å²) in [5.41, 5.74) is 6.14. The van der Waals surface area contributed by atoms with Gasteiger partial charge in [-0.2, -0.15) is 4.31 Å². The summed E-state index contributed by atoms with van der Waals surface area (Å²) in [4.78, 5) is 0.0685. The fraction of sp³-hybridized carbons (Fsp3) is 0.538. The van der Waals surface area contributed by atoms with Gasteiger partial charge < -0.3 is 5.73 Å². The van der Waals surface area contributed by atoms with Crippen LogP contribution in [-0.4, -0.2) is 25.8 Å². The van der Waals surface area contributed by atoms with Gasteiger partial charge in [0.1, 0.15) is 4.90 Å². The molecule has 4 nitrogen and oxygen atoms in total. The van der Waals surface area contributed by atoms with Crippen molar-refractivity contribution < 1.29 is 8.42 Å². The van der Waals surface area contributed by atoms with Crippen LogP contribution in [0.1, 0.15) is 25.3 Å². The zero-order chi connectivity index (χ0) is 15.1. The molecule has 0 saturated heterocycles. The number of hydrogen-bond acceptors (Lipinski definition) is 3. The molecule has 0 heterocycles. The SMILES string of the molecule is CC(C1CC1)N(C)S(=O)(=O)c1cc(CN)c(Cl)cc1Cl. The summed E-state index contributed by atoms with van der Waals surface area (Å²) in [5.74, 6) is 0.440. The van der Waals surface area contributed by atoms with Gasteiger partial charge in [-0.25, -0.2) is 8.42 Å². The number of benzene rings is 1. The van der Waals surface area contributed by atoms with Crippen molar-refractivity contribution in [2.75, 3.05) is 7.05 Å². The Morgan fingerprint density at radius 2 is 1.95 bits per heavy atom. The fourth-order valence-electron chi connectivity index (χ4n) is 2.17. The Balaban J connectivity index is 2.42. The monoisotopic (exact) mass is 336 g/mol. The molecule has 7 heteroatoms. The molecule has 0 aliphatic heterocycles. The maximum absolute atomic E-state index is 12.7. The summed E-state index contributed by atoms with van der Waals surface area (Å²) in [6.45, 7) is 2.09. The molecule has 1 aliphatic rings. The molecule has 2 N–H and O–H groups in total. The number of sulfonamides is 1. The van der Waals surface area contributed by atoms with Gasteiger partial charge in [0.15, 0.2) is 0 Å². The standard InChI is InChI=1S/C13H18Cl2N2O2S/c1-8(9-3-4-9)17(2)20(18,19)13-5-10(7-16)11(14)6-12(13)15/h5-6,8-9H,3-4,7,16H2,1-2H3. The summed E-state index contributed by atoms with van der Waals surface area (Å²) >= 11 is 12.0. The predicted octanol–water partition coefficient (Wildman–Crippen LogP) is 2.87. The van der Waals surface area contributed by atoms with Crippen LogP contribution in [0.2, 0.25) is 10.0 Å². The minimum atomic E-state index is -3.64. The second kappa shape index (κ2) is 5.81. The van der Waals surface area contributed by atoms with E-state index in [0.29, 0.717) is 16.5 Å². The van der Waals surface area contributed by atoms with Gasteiger partial charge in [-0.15, -0.1) is 0 Å². The van der Waals surface area contributed by atoms with Crippen LogP contribution >= 0.6 is 23.2 Å². The average molecular weight is 337 g/mol. The highest BCUT2D eigenvalue weighted by Crippen LogP contribution is 2.38. The number of halogens is 2. The topological polar surface area (TPSA) is 63.4 Å². The second-order valence-electron chi connectivity index (χ2n) is 5.18. The first-order valence-corrected chi connectivity index (χ1v) is 8.64. The molecule has 0 spiro atoms. The van der Waals surface area contributed by atoms with Crippen LogP contribution in [0.3, 0.4) is 0 Å². The van der Waals surface area contributed by atoms with Crippen molar-refractivity contribution in [3.63, 3.8) is 0 Å². The Labute approximate surface area is 129 Å². The zero-order valence-electron chi connectivity index (χ0n) is 11.4. The molecule has 1 unspecified atom stereocenters. The van der Waals surface area contributed by atoms with E-state index in [2.05, 4.69) is 0 Å². The average Bonchev–Trinajstić information content (AvgIpc) is 3.21. The van der Waals surface area contributed by atoms with Gasteiger partial charge in [-0.05, 0) is 43.4 Å². The molecule has 0 amide bonds. The third-order valence-electron chi connectivity index (χ3n) is 3.86. The zero-order valence-corrected chi connectivity index (χ0v) is 13.8. The summed E-state index contributed by atoms with van der Waals surface area (Å²) in [7, 11) is -2.05. The van der Waals surface area contributed by atoms with E-state index in [-0.39, 0.29) is 22.5 Å². The fourth-order valence-corrected chi connectivity index (χ4v) is 4.44. The van der Waals surface area contributed by atoms with Crippen molar-refractivity contribution in [2.24, 2.45) is 11.7 Å². The molecule has 1 aromatic rings. The Kier molecular flexibility index (Phi) is 4.66. The Hall–Kier alpha value is -0.330. The normalized spacial score (nSPS) is 17.5. The Morgan fingerprint density at radius 1 is 1.35 bits per heavy atom. The molecule has 2 rings (SSSR count). The smallest absolute Gasteiger partial charge is 0.244 e. The highest BCUT2D eigenvalue weighted by atomic mass is 35.5. The van der Waals surface area contributed by atoms with E-state index in [9.17, 15) is 8.42 Å². The Morgan fingerprint density at radius 3 is 2.45 bits per heavy atom. The lowest BCUT2D eigenvalue weighted by Crippen LogP contribution is -2.36. The maximum Gasteiger partial charge on any atom is 0.244 e. The van der Waals surface area contributed by atoms with Crippen LogP contribution in [0.5, 0.6) is 0 Å². The quantitative estimate of drug-likeness (QED) is 0.899. The molecule has 1 aliphatic carbocycles. The molecule has 1 atom stereocenters. The lowest BCUT2D eigenvalue weighted by atomic mass is 10.2. The molecule has 1 aromatic carbocycles. The van der Waals surface area contributed by atoms with Crippen molar-refractivity contribution >= 4 is 33.2 Å².